The summed E-state index contributed by atoms with van der Waals surface area (Å²) in [5, 5.41) is 3.54. The molecule has 0 saturated carbocycles. The molecule has 29 heavy (non-hydrogen) atoms. The molecule has 3 heteroatoms. The Morgan fingerprint density at radius 3 is 1.83 bits per heavy atom. The maximum atomic E-state index is 6.42. The van der Waals surface area contributed by atoms with Gasteiger partial charge in [-0.05, 0) is 36.6 Å². The van der Waals surface area contributed by atoms with E-state index in [0.29, 0.717) is 6.61 Å². The number of hydrogen-bond acceptors (Lipinski definition) is 2. The van der Waals surface area contributed by atoms with Gasteiger partial charge in [-0.25, -0.2) is 0 Å². The molecule has 0 spiro atoms. The maximum Gasteiger partial charge on any atom is 0.119 e. The van der Waals surface area contributed by atoms with Crippen LogP contribution in [0.25, 0.3) is 6.08 Å². The molecule has 3 aromatic rings. The Morgan fingerprint density at radius 2 is 1.31 bits per heavy atom. The van der Waals surface area contributed by atoms with Crippen LogP contribution < -0.4 is 5.32 Å². The van der Waals surface area contributed by atoms with Crippen molar-refractivity contribution in [1.29, 1.82) is 0 Å². The van der Waals surface area contributed by atoms with Crippen LogP contribution in [0.15, 0.2) is 97.1 Å². The molecule has 0 amide bonds. The number of benzene rings is 3. The molecule has 0 saturated heterocycles. The van der Waals surface area contributed by atoms with E-state index in [9.17, 15) is 0 Å². The third kappa shape index (κ3) is 6.30. The number of hydrogen-bond donors (Lipinski definition) is 1. The summed E-state index contributed by atoms with van der Waals surface area (Å²) < 4.78 is 6.42. The predicted octanol–water partition coefficient (Wildman–Crippen LogP) is 6.08. The van der Waals surface area contributed by atoms with Gasteiger partial charge in [0.2, 0.25) is 0 Å². The monoisotopic (exact) mass is 407 g/mol. The molecular weight excluding hydrogens is 378 g/mol. The molecule has 0 aromatic heterocycles. The number of ether oxygens (including phenoxy) is 1. The number of rotatable bonds is 10. The summed E-state index contributed by atoms with van der Waals surface area (Å²) >= 11 is 0. The zero-order valence-electron chi connectivity index (χ0n) is 17.0. The fourth-order valence-electron chi connectivity index (χ4n) is 3.56. The molecule has 0 radical (unpaired) electrons. The third-order valence-electron chi connectivity index (χ3n) is 4.90. The van der Waals surface area contributed by atoms with Crippen molar-refractivity contribution in [3.05, 3.63) is 114 Å². The van der Waals surface area contributed by atoms with Gasteiger partial charge in [0.25, 0.3) is 0 Å². The molecule has 152 valence electrons. The van der Waals surface area contributed by atoms with Crippen LogP contribution in [0.5, 0.6) is 0 Å². The summed E-state index contributed by atoms with van der Waals surface area (Å²) in [6, 6.07) is 31.5. The van der Waals surface area contributed by atoms with Crippen molar-refractivity contribution >= 4 is 18.5 Å². The predicted molar refractivity (Wildman–Crippen MR) is 126 cm³/mol. The highest BCUT2D eigenvalue weighted by Gasteiger charge is 2.34. The van der Waals surface area contributed by atoms with Crippen LogP contribution in [0.3, 0.4) is 0 Å². The second-order valence-corrected chi connectivity index (χ2v) is 6.76. The maximum absolute atomic E-state index is 6.42. The van der Waals surface area contributed by atoms with Crippen LogP contribution in [-0.4, -0.2) is 19.7 Å². The molecule has 3 rings (SSSR count). The van der Waals surface area contributed by atoms with Crippen molar-refractivity contribution in [3.8, 4) is 0 Å². The smallest absolute Gasteiger partial charge is 0.119 e. The highest BCUT2D eigenvalue weighted by molar-refractivity contribution is 5.85. The van der Waals surface area contributed by atoms with Gasteiger partial charge in [-0.2, -0.15) is 0 Å². The first-order chi connectivity index (χ1) is 13.8. The Kier molecular flexibility index (Phi) is 9.66. The van der Waals surface area contributed by atoms with Crippen LogP contribution in [0.4, 0.5) is 0 Å². The summed E-state index contributed by atoms with van der Waals surface area (Å²) in [4.78, 5) is 0. The lowest BCUT2D eigenvalue weighted by Crippen LogP contribution is -2.35. The fraction of sp³-hybridized carbons (Fsp3) is 0.231. The summed E-state index contributed by atoms with van der Waals surface area (Å²) in [7, 11) is 0. The number of halogens is 1. The van der Waals surface area contributed by atoms with E-state index in [4.69, 9.17) is 4.74 Å². The minimum Gasteiger partial charge on any atom is -0.366 e. The average Bonchev–Trinajstić information content (AvgIpc) is 2.77. The Balaban J connectivity index is 0.00000300. The van der Waals surface area contributed by atoms with Crippen molar-refractivity contribution < 1.29 is 4.74 Å². The van der Waals surface area contributed by atoms with Gasteiger partial charge in [-0.15, -0.1) is 12.4 Å². The normalized spacial score (nSPS) is 11.3. The molecule has 2 nitrogen and oxygen atoms in total. The Bertz CT molecular complexity index is 795. The van der Waals surface area contributed by atoms with Crippen molar-refractivity contribution in [2.75, 3.05) is 19.7 Å². The van der Waals surface area contributed by atoms with Gasteiger partial charge < -0.3 is 10.1 Å². The second kappa shape index (κ2) is 12.2. The van der Waals surface area contributed by atoms with E-state index in [-0.39, 0.29) is 12.4 Å². The van der Waals surface area contributed by atoms with E-state index in [0.717, 1.165) is 19.5 Å². The van der Waals surface area contributed by atoms with Gasteiger partial charge in [-0.1, -0.05) is 103 Å². The van der Waals surface area contributed by atoms with Crippen molar-refractivity contribution in [2.45, 2.75) is 18.9 Å². The zero-order chi connectivity index (χ0) is 19.5. The molecule has 0 fully saturated rings. The molecule has 0 heterocycles. The SMILES string of the molecule is CCOC(CCNC/C=C/c1ccccc1)(c1ccccc1)c1ccccc1.Cl. The third-order valence-corrected chi connectivity index (χ3v) is 4.90. The molecule has 0 aliphatic heterocycles. The van der Waals surface area contributed by atoms with E-state index in [1.54, 1.807) is 0 Å². The van der Waals surface area contributed by atoms with Crippen molar-refractivity contribution in [3.63, 3.8) is 0 Å². The molecule has 0 unspecified atom stereocenters. The Hall–Kier alpha value is -2.39. The van der Waals surface area contributed by atoms with E-state index < -0.39 is 5.60 Å². The largest absolute Gasteiger partial charge is 0.366 e. The quantitative estimate of drug-likeness (QED) is 0.411. The fourth-order valence-corrected chi connectivity index (χ4v) is 3.56. The van der Waals surface area contributed by atoms with Crippen LogP contribution in [-0.2, 0) is 10.3 Å². The highest BCUT2D eigenvalue weighted by atomic mass is 35.5. The standard InChI is InChI=1S/C26H29NO.ClH/c1-2-28-26(24-16-8-4-9-17-24,25-18-10-5-11-19-25)20-22-27-21-12-15-23-13-6-3-7-14-23;/h3-19,27H,2,20-22H2,1H3;1H/b15-12+;. The summed E-state index contributed by atoms with van der Waals surface area (Å²) in [5.74, 6) is 0. The topological polar surface area (TPSA) is 21.3 Å². The highest BCUT2D eigenvalue weighted by Crippen LogP contribution is 2.36. The van der Waals surface area contributed by atoms with E-state index >= 15 is 0 Å². The molecule has 0 bridgehead atoms. The molecule has 0 atom stereocenters. The Labute approximate surface area is 181 Å². The van der Waals surface area contributed by atoms with Gasteiger partial charge >= 0.3 is 0 Å². The first-order valence-corrected chi connectivity index (χ1v) is 10.0. The average molecular weight is 408 g/mol. The van der Waals surface area contributed by atoms with Gasteiger partial charge in [0.1, 0.15) is 5.60 Å². The van der Waals surface area contributed by atoms with Gasteiger partial charge in [0, 0.05) is 13.2 Å². The van der Waals surface area contributed by atoms with Crippen molar-refractivity contribution in [1.82, 2.24) is 5.32 Å². The van der Waals surface area contributed by atoms with E-state index in [2.05, 4.69) is 109 Å². The molecule has 3 aromatic carbocycles. The lowest BCUT2D eigenvalue weighted by Gasteiger charge is -2.35. The van der Waals surface area contributed by atoms with Crippen LogP contribution in [0, 0.1) is 0 Å². The van der Waals surface area contributed by atoms with Crippen molar-refractivity contribution in [2.24, 2.45) is 0 Å². The van der Waals surface area contributed by atoms with Crippen LogP contribution in [0.1, 0.15) is 30.0 Å². The summed E-state index contributed by atoms with van der Waals surface area (Å²) in [6.45, 7) is 4.43. The minimum atomic E-state index is -0.437. The molecule has 1 N–H and O–H groups in total. The molecular formula is C26H30ClNO. The lowest BCUT2D eigenvalue weighted by atomic mass is 9.83. The molecule has 0 aliphatic carbocycles. The van der Waals surface area contributed by atoms with E-state index in [1.807, 2.05) is 6.07 Å². The van der Waals surface area contributed by atoms with Crippen LogP contribution >= 0.6 is 12.4 Å². The van der Waals surface area contributed by atoms with Gasteiger partial charge in [0.05, 0.1) is 0 Å². The first kappa shape index (κ1) is 22.9. The van der Waals surface area contributed by atoms with E-state index in [1.165, 1.54) is 16.7 Å². The number of nitrogens with one attached hydrogen (secondary N) is 1. The minimum absolute atomic E-state index is 0. The Morgan fingerprint density at radius 1 is 0.793 bits per heavy atom. The first-order valence-electron chi connectivity index (χ1n) is 10.0. The molecule has 0 aliphatic rings. The van der Waals surface area contributed by atoms with Gasteiger partial charge in [-0.3, -0.25) is 0 Å². The van der Waals surface area contributed by atoms with Gasteiger partial charge in [0.15, 0.2) is 0 Å². The lowest BCUT2D eigenvalue weighted by molar-refractivity contribution is -0.0171. The zero-order valence-corrected chi connectivity index (χ0v) is 17.8. The summed E-state index contributed by atoms with van der Waals surface area (Å²) in [5.41, 5.74) is 3.18. The summed E-state index contributed by atoms with van der Waals surface area (Å²) in [6.07, 6.45) is 5.19. The second-order valence-electron chi connectivity index (χ2n) is 6.76. The van der Waals surface area contributed by atoms with Crippen LogP contribution in [0.2, 0.25) is 0 Å².